The molecule has 0 radical (unpaired) electrons. The van der Waals surface area contributed by atoms with Gasteiger partial charge in [0.1, 0.15) is 11.9 Å². The van der Waals surface area contributed by atoms with E-state index >= 15 is 0 Å². The molecule has 1 aliphatic rings. The van der Waals surface area contributed by atoms with Crippen LogP contribution in [-0.2, 0) is 4.79 Å². The zero-order chi connectivity index (χ0) is 14.7. The number of nitrogens with zero attached hydrogens (tertiary/aromatic N) is 1. The summed E-state index contributed by atoms with van der Waals surface area (Å²) in [5.41, 5.74) is 0.0269. The third-order valence-electron chi connectivity index (χ3n) is 3.22. The van der Waals surface area contributed by atoms with Crippen molar-refractivity contribution in [3.05, 3.63) is 28.5 Å². The number of halogens is 2. The number of benzene rings is 1. The van der Waals surface area contributed by atoms with E-state index < -0.39 is 23.9 Å². The van der Waals surface area contributed by atoms with E-state index in [1.165, 1.54) is 23.1 Å². The number of urea groups is 1. The molecule has 2 N–H and O–H groups in total. The van der Waals surface area contributed by atoms with E-state index in [4.69, 9.17) is 5.11 Å². The molecule has 0 saturated carbocycles. The lowest BCUT2D eigenvalue weighted by molar-refractivity contribution is -0.143. The van der Waals surface area contributed by atoms with E-state index in [2.05, 4.69) is 21.2 Å². The smallest absolute Gasteiger partial charge is 0.326 e. The summed E-state index contributed by atoms with van der Waals surface area (Å²) in [5.74, 6) is -1.60. The van der Waals surface area contributed by atoms with E-state index in [9.17, 15) is 14.0 Å². The fraction of sp³-hybridized carbons (Fsp3) is 0.385. The Morgan fingerprint density at radius 2 is 2.15 bits per heavy atom. The van der Waals surface area contributed by atoms with Crippen LogP contribution < -0.4 is 5.32 Å². The van der Waals surface area contributed by atoms with Gasteiger partial charge in [0.05, 0.1) is 5.69 Å². The van der Waals surface area contributed by atoms with E-state index in [0.29, 0.717) is 17.4 Å². The number of carboxylic acids is 1. The molecule has 7 heteroatoms. The molecule has 1 atom stereocenters. The molecule has 0 aromatic heterocycles. The van der Waals surface area contributed by atoms with Crippen molar-refractivity contribution in [2.75, 3.05) is 11.9 Å². The zero-order valence-electron chi connectivity index (χ0n) is 10.6. The SMILES string of the molecule is O=C(O)C1CCCCN1C(=O)Nc1cc(Br)ccc1F. The first-order chi connectivity index (χ1) is 9.49. The molecule has 0 bridgehead atoms. The van der Waals surface area contributed by atoms with Crippen LogP contribution in [0.25, 0.3) is 0 Å². The highest BCUT2D eigenvalue weighted by atomic mass is 79.9. The second kappa shape index (κ2) is 6.21. The summed E-state index contributed by atoms with van der Waals surface area (Å²) in [5, 5.41) is 11.5. The van der Waals surface area contributed by atoms with Gasteiger partial charge in [-0.15, -0.1) is 0 Å². The van der Waals surface area contributed by atoms with Gasteiger partial charge in [-0.3, -0.25) is 0 Å². The molecule has 5 nitrogen and oxygen atoms in total. The highest BCUT2D eigenvalue weighted by Gasteiger charge is 2.32. The third kappa shape index (κ3) is 3.27. The molecule has 2 rings (SSSR count). The van der Waals surface area contributed by atoms with Gasteiger partial charge in [0.25, 0.3) is 0 Å². The minimum atomic E-state index is -1.03. The molecule has 1 aromatic rings. The maximum absolute atomic E-state index is 13.6. The monoisotopic (exact) mass is 344 g/mol. The van der Waals surface area contributed by atoms with Gasteiger partial charge in [-0.2, -0.15) is 0 Å². The number of carboxylic acid groups (broad SMARTS) is 1. The van der Waals surface area contributed by atoms with Gasteiger partial charge in [0.2, 0.25) is 0 Å². The lowest BCUT2D eigenvalue weighted by atomic mass is 10.0. The van der Waals surface area contributed by atoms with Gasteiger partial charge in [-0.05, 0) is 37.5 Å². The van der Waals surface area contributed by atoms with Crippen LogP contribution in [0.1, 0.15) is 19.3 Å². The van der Waals surface area contributed by atoms with E-state index in [1.807, 2.05) is 0 Å². The number of carbonyl (C=O) groups excluding carboxylic acids is 1. The van der Waals surface area contributed by atoms with E-state index in [1.54, 1.807) is 0 Å². The van der Waals surface area contributed by atoms with Crippen molar-refractivity contribution >= 4 is 33.6 Å². The Morgan fingerprint density at radius 3 is 2.85 bits per heavy atom. The lowest BCUT2D eigenvalue weighted by Crippen LogP contribution is -2.49. The third-order valence-corrected chi connectivity index (χ3v) is 3.71. The molecule has 1 aromatic carbocycles. The van der Waals surface area contributed by atoms with Crippen LogP contribution in [-0.4, -0.2) is 34.6 Å². The second-order valence-corrected chi connectivity index (χ2v) is 5.51. The number of rotatable bonds is 2. The maximum atomic E-state index is 13.6. The number of anilines is 1. The molecular weight excluding hydrogens is 331 g/mol. The van der Waals surface area contributed by atoms with Crippen LogP contribution in [0.4, 0.5) is 14.9 Å². The summed E-state index contributed by atoms with van der Waals surface area (Å²) in [4.78, 5) is 24.5. The summed E-state index contributed by atoms with van der Waals surface area (Å²) in [6.45, 7) is 0.360. The minimum Gasteiger partial charge on any atom is -0.480 e. The minimum absolute atomic E-state index is 0.0269. The lowest BCUT2D eigenvalue weighted by Gasteiger charge is -2.32. The van der Waals surface area contributed by atoms with Crippen molar-refractivity contribution in [3.8, 4) is 0 Å². The summed E-state index contributed by atoms with van der Waals surface area (Å²) in [7, 11) is 0. The van der Waals surface area contributed by atoms with Crippen molar-refractivity contribution < 1.29 is 19.1 Å². The first-order valence-electron chi connectivity index (χ1n) is 6.24. The fourth-order valence-corrected chi connectivity index (χ4v) is 2.57. The number of piperidine rings is 1. The van der Waals surface area contributed by atoms with Gasteiger partial charge in [0, 0.05) is 11.0 Å². The Hall–Kier alpha value is -1.63. The van der Waals surface area contributed by atoms with Crippen LogP contribution in [0.3, 0.4) is 0 Å². The predicted molar refractivity (Wildman–Crippen MR) is 75.1 cm³/mol. The van der Waals surface area contributed by atoms with Gasteiger partial charge < -0.3 is 15.3 Å². The molecular formula is C13H14BrFN2O3. The van der Waals surface area contributed by atoms with Crippen LogP contribution in [0.5, 0.6) is 0 Å². The average molecular weight is 345 g/mol. The molecule has 1 aliphatic heterocycles. The molecule has 1 heterocycles. The van der Waals surface area contributed by atoms with Gasteiger partial charge >= 0.3 is 12.0 Å². The number of aliphatic carboxylic acids is 1. The first-order valence-corrected chi connectivity index (χ1v) is 7.04. The van der Waals surface area contributed by atoms with E-state index in [-0.39, 0.29) is 5.69 Å². The quantitative estimate of drug-likeness (QED) is 0.866. The van der Waals surface area contributed by atoms with Crippen LogP contribution >= 0.6 is 15.9 Å². The van der Waals surface area contributed by atoms with Crippen molar-refractivity contribution in [3.63, 3.8) is 0 Å². The largest absolute Gasteiger partial charge is 0.480 e. The molecule has 20 heavy (non-hydrogen) atoms. The highest BCUT2D eigenvalue weighted by Crippen LogP contribution is 2.22. The summed E-state index contributed by atoms with van der Waals surface area (Å²) in [6.07, 6.45) is 1.94. The van der Waals surface area contributed by atoms with Gasteiger partial charge in [0.15, 0.2) is 0 Å². The summed E-state index contributed by atoms with van der Waals surface area (Å²) in [6, 6.07) is 2.75. The number of amides is 2. The average Bonchev–Trinajstić information content (AvgIpc) is 2.42. The standard InChI is InChI=1S/C13H14BrFN2O3/c14-8-4-5-9(15)10(7-8)16-13(20)17-6-2-1-3-11(17)12(18)19/h4-5,7,11H,1-3,6H2,(H,16,20)(H,18,19). The predicted octanol–water partition coefficient (Wildman–Crippen LogP) is 3.06. The number of hydrogen-bond donors (Lipinski definition) is 2. The highest BCUT2D eigenvalue weighted by molar-refractivity contribution is 9.10. The number of likely N-dealkylation sites (tertiary alicyclic amines) is 1. The Balaban J connectivity index is 2.14. The Bertz CT molecular complexity index is 538. The number of hydrogen-bond acceptors (Lipinski definition) is 2. The van der Waals surface area contributed by atoms with Gasteiger partial charge in [-0.1, -0.05) is 15.9 Å². The molecule has 1 saturated heterocycles. The summed E-state index contributed by atoms with van der Waals surface area (Å²) >= 11 is 3.19. The topological polar surface area (TPSA) is 69.6 Å². The van der Waals surface area contributed by atoms with Gasteiger partial charge in [-0.25, -0.2) is 14.0 Å². The number of carbonyl (C=O) groups is 2. The molecule has 0 spiro atoms. The molecule has 1 fully saturated rings. The Kier molecular flexibility index (Phi) is 4.59. The Labute approximate surface area is 123 Å². The Morgan fingerprint density at radius 1 is 1.40 bits per heavy atom. The zero-order valence-corrected chi connectivity index (χ0v) is 12.2. The molecule has 108 valence electrons. The normalized spacial score (nSPS) is 18.7. The molecule has 2 amide bonds. The first kappa shape index (κ1) is 14.8. The van der Waals surface area contributed by atoms with Crippen LogP contribution in [0.2, 0.25) is 0 Å². The number of nitrogens with one attached hydrogen (secondary N) is 1. The second-order valence-electron chi connectivity index (χ2n) is 4.60. The fourth-order valence-electron chi connectivity index (χ4n) is 2.21. The van der Waals surface area contributed by atoms with Crippen LogP contribution in [0.15, 0.2) is 22.7 Å². The van der Waals surface area contributed by atoms with Crippen molar-refractivity contribution in [1.29, 1.82) is 0 Å². The molecule has 0 aliphatic carbocycles. The maximum Gasteiger partial charge on any atom is 0.326 e. The van der Waals surface area contributed by atoms with Crippen LogP contribution in [0, 0.1) is 5.82 Å². The van der Waals surface area contributed by atoms with Crippen molar-refractivity contribution in [2.45, 2.75) is 25.3 Å². The van der Waals surface area contributed by atoms with Crippen molar-refractivity contribution in [1.82, 2.24) is 4.90 Å². The molecule has 1 unspecified atom stereocenters. The van der Waals surface area contributed by atoms with E-state index in [0.717, 1.165) is 12.8 Å². The van der Waals surface area contributed by atoms with Crippen molar-refractivity contribution in [2.24, 2.45) is 0 Å². The summed E-state index contributed by atoms with van der Waals surface area (Å²) < 4.78 is 14.2.